The average Bonchev–Trinajstić information content (AvgIpc) is 2.67. The zero-order chi connectivity index (χ0) is 21.7. The van der Waals surface area contributed by atoms with Gasteiger partial charge in [0.05, 0.1) is 0 Å². The summed E-state index contributed by atoms with van der Waals surface area (Å²) in [6.07, 6.45) is 19.9. The van der Waals surface area contributed by atoms with E-state index in [4.69, 9.17) is 10.2 Å². The van der Waals surface area contributed by atoms with E-state index in [1.165, 1.54) is 44.9 Å². The molecule has 1 unspecified atom stereocenters. The van der Waals surface area contributed by atoms with Crippen molar-refractivity contribution in [1.82, 2.24) is 5.32 Å². The number of rotatable bonds is 20. The number of nitrogens with one attached hydrogen (secondary N) is 1. The molecule has 0 radical (unpaired) electrons. The van der Waals surface area contributed by atoms with Crippen molar-refractivity contribution in [2.45, 2.75) is 116 Å². The van der Waals surface area contributed by atoms with Crippen LogP contribution in [-0.4, -0.2) is 34.1 Å². The molecule has 168 valence electrons. The lowest BCUT2D eigenvalue weighted by molar-refractivity contribution is -0.143. The Labute approximate surface area is 176 Å². The molecule has 0 aliphatic carbocycles. The van der Waals surface area contributed by atoms with Crippen molar-refractivity contribution >= 4 is 17.8 Å². The fourth-order valence-corrected chi connectivity index (χ4v) is 3.15. The highest BCUT2D eigenvalue weighted by atomic mass is 16.4. The third-order valence-electron chi connectivity index (χ3n) is 4.95. The predicted octanol–water partition coefficient (Wildman–Crippen LogP) is 5.46. The molecule has 6 heteroatoms. The van der Waals surface area contributed by atoms with Crippen molar-refractivity contribution in [3.63, 3.8) is 0 Å². The van der Waals surface area contributed by atoms with Gasteiger partial charge < -0.3 is 15.5 Å². The monoisotopic (exact) mass is 411 g/mol. The normalized spacial score (nSPS) is 12.2. The zero-order valence-corrected chi connectivity index (χ0v) is 18.2. The first kappa shape index (κ1) is 27.1. The number of allylic oxidation sites excluding steroid dienone is 2. The molecule has 6 nitrogen and oxygen atoms in total. The highest BCUT2D eigenvalue weighted by Crippen LogP contribution is 2.10. The fourth-order valence-electron chi connectivity index (χ4n) is 3.15. The van der Waals surface area contributed by atoms with Gasteiger partial charge in [-0.1, -0.05) is 70.4 Å². The molecule has 0 saturated carbocycles. The van der Waals surface area contributed by atoms with Crippen LogP contribution in [0.1, 0.15) is 110 Å². The summed E-state index contributed by atoms with van der Waals surface area (Å²) in [5, 5.41) is 20.1. The maximum absolute atomic E-state index is 11.8. The minimum Gasteiger partial charge on any atom is -0.481 e. The van der Waals surface area contributed by atoms with Gasteiger partial charge in [0.2, 0.25) is 5.91 Å². The van der Waals surface area contributed by atoms with Crippen LogP contribution in [-0.2, 0) is 14.4 Å². The van der Waals surface area contributed by atoms with Gasteiger partial charge in [0.1, 0.15) is 6.04 Å². The van der Waals surface area contributed by atoms with Crippen LogP contribution in [0, 0.1) is 0 Å². The Morgan fingerprint density at radius 1 is 0.759 bits per heavy atom. The Hall–Kier alpha value is -1.85. The standard InChI is InChI=1S/C23H41NO5/c1-2-3-4-5-6-7-8-9-10-11-12-13-14-15-16-17-21(25)24-20(23(28)29)18-19-22(26)27/h9-10,20H,2-8,11-19H2,1H3,(H,24,25)(H,26,27)(H,28,29). The number of carbonyl (C=O) groups is 3. The van der Waals surface area contributed by atoms with Crippen LogP contribution in [0.3, 0.4) is 0 Å². The molecule has 3 N–H and O–H groups in total. The van der Waals surface area contributed by atoms with Crippen molar-refractivity contribution < 1.29 is 24.6 Å². The van der Waals surface area contributed by atoms with E-state index in [0.29, 0.717) is 0 Å². The third-order valence-corrected chi connectivity index (χ3v) is 4.95. The lowest BCUT2D eigenvalue weighted by Gasteiger charge is -2.13. The second-order valence-electron chi connectivity index (χ2n) is 7.73. The van der Waals surface area contributed by atoms with Gasteiger partial charge in [-0.2, -0.15) is 0 Å². The van der Waals surface area contributed by atoms with Gasteiger partial charge in [-0.05, 0) is 38.5 Å². The Bertz CT molecular complexity index is 476. The van der Waals surface area contributed by atoms with Gasteiger partial charge in [0.25, 0.3) is 0 Å². The van der Waals surface area contributed by atoms with Crippen LogP contribution in [0.2, 0.25) is 0 Å². The molecule has 0 heterocycles. The molecular formula is C23H41NO5. The molecule has 0 saturated heterocycles. The molecule has 1 amide bonds. The van der Waals surface area contributed by atoms with Crippen molar-refractivity contribution in [2.24, 2.45) is 0 Å². The number of carbonyl (C=O) groups excluding carboxylic acids is 1. The van der Waals surface area contributed by atoms with Crippen molar-refractivity contribution in [2.75, 3.05) is 0 Å². The first-order valence-corrected chi connectivity index (χ1v) is 11.4. The van der Waals surface area contributed by atoms with Crippen molar-refractivity contribution in [3.8, 4) is 0 Å². The lowest BCUT2D eigenvalue weighted by atomic mass is 10.1. The molecule has 0 aliphatic heterocycles. The highest BCUT2D eigenvalue weighted by molar-refractivity contribution is 5.83. The predicted molar refractivity (Wildman–Crippen MR) is 116 cm³/mol. The van der Waals surface area contributed by atoms with Crippen molar-refractivity contribution in [3.05, 3.63) is 12.2 Å². The van der Waals surface area contributed by atoms with Crippen molar-refractivity contribution in [1.29, 1.82) is 0 Å². The number of unbranched alkanes of at least 4 members (excludes halogenated alkanes) is 11. The molecule has 0 aromatic rings. The maximum atomic E-state index is 11.8. The Kier molecular flexibility index (Phi) is 18.2. The topological polar surface area (TPSA) is 104 Å². The second-order valence-corrected chi connectivity index (χ2v) is 7.73. The van der Waals surface area contributed by atoms with E-state index >= 15 is 0 Å². The molecule has 0 rings (SSSR count). The van der Waals surface area contributed by atoms with E-state index in [-0.39, 0.29) is 25.2 Å². The molecule has 1 atom stereocenters. The van der Waals surface area contributed by atoms with Crippen LogP contribution in [0.5, 0.6) is 0 Å². The smallest absolute Gasteiger partial charge is 0.326 e. The van der Waals surface area contributed by atoms with E-state index in [0.717, 1.165) is 38.5 Å². The van der Waals surface area contributed by atoms with Crippen LogP contribution in [0.15, 0.2) is 12.2 Å². The summed E-state index contributed by atoms with van der Waals surface area (Å²) in [7, 11) is 0. The third kappa shape index (κ3) is 19.2. The summed E-state index contributed by atoms with van der Waals surface area (Å²) < 4.78 is 0. The maximum Gasteiger partial charge on any atom is 0.326 e. The van der Waals surface area contributed by atoms with Gasteiger partial charge in [-0.15, -0.1) is 0 Å². The summed E-state index contributed by atoms with van der Waals surface area (Å²) in [5.41, 5.74) is 0. The summed E-state index contributed by atoms with van der Waals surface area (Å²) in [6.45, 7) is 2.24. The first-order chi connectivity index (χ1) is 14.0. The van der Waals surface area contributed by atoms with Crippen LogP contribution in [0.25, 0.3) is 0 Å². The summed E-state index contributed by atoms with van der Waals surface area (Å²) >= 11 is 0. The van der Waals surface area contributed by atoms with E-state index in [2.05, 4.69) is 24.4 Å². The molecular weight excluding hydrogens is 370 g/mol. The lowest BCUT2D eigenvalue weighted by Crippen LogP contribution is -2.41. The minimum absolute atomic E-state index is 0.0945. The molecule has 0 fully saturated rings. The van der Waals surface area contributed by atoms with Gasteiger partial charge in [0.15, 0.2) is 0 Å². The summed E-state index contributed by atoms with van der Waals surface area (Å²) in [4.78, 5) is 33.4. The highest BCUT2D eigenvalue weighted by Gasteiger charge is 2.20. The number of hydrogen-bond acceptors (Lipinski definition) is 3. The number of amides is 1. The molecule has 0 aliphatic rings. The fraction of sp³-hybridized carbons (Fsp3) is 0.783. The first-order valence-electron chi connectivity index (χ1n) is 11.4. The molecule has 0 aromatic carbocycles. The number of hydrogen-bond donors (Lipinski definition) is 3. The summed E-state index contributed by atoms with van der Waals surface area (Å²) in [6, 6.07) is -1.12. The van der Waals surface area contributed by atoms with E-state index in [9.17, 15) is 14.4 Å². The molecule has 29 heavy (non-hydrogen) atoms. The van der Waals surface area contributed by atoms with E-state index in [1.54, 1.807) is 0 Å². The molecule has 0 bridgehead atoms. The largest absolute Gasteiger partial charge is 0.481 e. The van der Waals surface area contributed by atoms with E-state index < -0.39 is 18.0 Å². The average molecular weight is 412 g/mol. The molecule has 0 aromatic heterocycles. The summed E-state index contributed by atoms with van der Waals surface area (Å²) in [5.74, 6) is -2.58. The van der Waals surface area contributed by atoms with Gasteiger partial charge in [-0.3, -0.25) is 9.59 Å². The van der Waals surface area contributed by atoms with Crippen LogP contribution < -0.4 is 5.32 Å². The second kappa shape index (κ2) is 19.5. The number of carboxylic acids is 2. The quantitative estimate of drug-likeness (QED) is 0.182. The van der Waals surface area contributed by atoms with Gasteiger partial charge in [0, 0.05) is 12.8 Å². The van der Waals surface area contributed by atoms with Crippen LogP contribution in [0.4, 0.5) is 0 Å². The number of carboxylic acid groups (broad SMARTS) is 2. The molecule has 0 spiro atoms. The Morgan fingerprint density at radius 2 is 1.28 bits per heavy atom. The van der Waals surface area contributed by atoms with Crippen LogP contribution >= 0.6 is 0 Å². The minimum atomic E-state index is -1.19. The van der Waals surface area contributed by atoms with Gasteiger partial charge in [-0.25, -0.2) is 4.79 Å². The Morgan fingerprint density at radius 3 is 1.79 bits per heavy atom. The SMILES string of the molecule is CCCCCCCCC=CCCCCCCCC(=O)NC(CCC(=O)O)C(=O)O. The Balaban J connectivity index is 3.54. The van der Waals surface area contributed by atoms with E-state index in [1.807, 2.05) is 0 Å². The van der Waals surface area contributed by atoms with Gasteiger partial charge >= 0.3 is 11.9 Å². The zero-order valence-electron chi connectivity index (χ0n) is 18.2. The number of aliphatic carboxylic acids is 2.